The van der Waals surface area contributed by atoms with E-state index in [1.165, 1.54) is 0 Å². The number of halogens is 1. The minimum Gasteiger partial charge on any atom is -0.335 e. The number of carbonyl (C=O) groups is 4. The summed E-state index contributed by atoms with van der Waals surface area (Å²) >= 11 is 5.84. The summed E-state index contributed by atoms with van der Waals surface area (Å²) in [7, 11) is 0. The molecular weight excluding hydrogens is 348 g/mol. The Labute approximate surface area is 148 Å². The molecule has 0 bridgehead atoms. The maximum atomic E-state index is 12.7. The van der Waals surface area contributed by atoms with Crippen molar-refractivity contribution in [2.24, 2.45) is 0 Å². The van der Waals surface area contributed by atoms with Gasteiger partial charge in [-0.2, -0.15) is 0 Å². The molecule has 132 valence electrons. The number of urea groups is 2. The van der Waals surface area contributed by atoms with Gasteiger partial charge in [0, 0.05) is 11.1 Å². The van der Waals surface area contributed by atoms with Crippen molar-refractivity contribution < 1.29 is 19.2 Å². The minimum absolute atomic E-state index is 0.0951. The molecule has 8 nitrogen and oxygen atoms in total. The second-order valence-electron chi connectivity index (χ2n) is 6.25. The van der Waals surface area contributed by atoms with Gasteiger partial charge in [-0.05, 0) is 37.5 Å². The van der Waals surface area contributed by atoms with Crippen molar-refractivity contribution in [3.05, 3.63) is 34.9 Å². The second kappa shape index (κ2) is 6.36. The molecule has 1 aromatic carbocycles. The van der Waals surface area contributed by atoms with Gasteiger partial charge in [-0.25, -0.2) is 9.59 Å². The summed E-state index contributed by atoms with van der Waals surface area (Å²) in [6.45, 7) is 1.01. The molecule has 2 fully saturated rings. The van der Waals surface area contributed by atoms with E-state index in [9.17, 15) is 19.2 Å². The summed E-state index contributed by atoms with van der Waals surface area (Å²) in [5, 5.41) is 7.79. The number of carbonyl (C=O) groups excluding carboxylic acids is 4. The molecule has 0 aromatic heterocycles. The Morgan fingerprint density at radius 3 is 2.52 bits per heavy atom. The molecule has 1 aliphatic heterocycles. The van der Waals surface area contributed by atoms with Gasteiger partial charge >= 0.3 is 12.1 Å². The number of benzene rings is 1. The third kappa shape index (κ3) is 3.58. The Morgan fingerprint density at radius 2 is 1.92 bits per heavy atom. The molecule has 25 heavy (non-hydrogen) atoms. The quantitative estimate of drug-likeness (QED) is 0.695. The predicted octanol–water partition coefficient (Wildman–Crippen LogP) is 1.10. The van der Waals surface area contributed by atoms with Crippen molar-refractivity contribution in [2.45, 2.75) is 31.3 Å². The first-order chi connectivity index (χ1) is 11.8. The highest BCUT2D eigenvalue weighted by molar-refractivity contribution is 6.30. The van der Waals surface area contributed by atoms with Crippen LogP contribution in [0.3, 0.4) is 0 Å². The van der Waals surface area contributed by atoms with E-state index < -0.39 is 36.0 Å². The average molecular weight is 365 g/mol. The summed E-state index contributed by atoms with van der Waals surface area (Å²) in [5.41, 5.74) is -0.747. The second-order valence-corrected chi connectivity index (χ2v) is 6.69. The van der Waals surface area contributed by atoms with Gasteiger partial charge in [0.25, 0.3) is 5.91 Å². The number of nitrogens with one attached hydrogen (secondary N) is 3. The van der Waals surface area contributed by atoms with E-state index in [4.69, 9.17) is 11.6 Å². The fourth-order valence-electron chi connectivity index (χ4n) is 2.58. The molecule has 6 amide bonds. The summed E-state index contributed by atoms with van der Waals surface area (Å²) in [5.74, 6) is -1.31. The van der Waals surface area contributed by atoms with Crippen molar-refractivity contribution in [3.8, 4) is 0 Å². The number of hydrogen-bond acceptors (Lipinski definition) is 4. The van der Waals surface area contributed by atoms with Crippen LogP contribution < -0.4 is 16.0 Å². The van der Waals surface area contributed by atoms with E-state index >= 15 is 0 Å². The first-order valence-electron chi connectivity index (χ1n) is 7.80. The largest absolute Gasteiger partial charge is 0.335 e. The van der Waals surface area contributed by atoms with Crippen LogP contribution in [0.15, 0.2) is 24.3 Å². The molecule has 0 spiro atoms. The SMILES string of the molecule is C[C@]1(c2ccc(Cl)cc2)NC(=O)N(CC(=O)NC(=O)NC2CC2)C1=O. The third-order valence-corrected chi connectivity index (χ3v) is 4.42. The smallest absolute Gasteiger partial charge is 0.325 e. The van der Waals surface area contributed by atoms with Gasteiger partial charge < -0.3 is 10.6 Å². The van der Waals surface area contributed by atoms with Crippen molar-refractivity contribution in [1.29, 1.82) is 0 Å². The maximum Gasteiger partial charge on any atom is 0.325 e. The lowest BCUT2D eigenvalue weighted by molar-refractivity contribution is -0.134. The van der Waals surface area contributed by atoms with Gasteiger partial charge in [0.05, 0.1) is 0 Å². The first kappa shape index (κ1) is 17.2. The summed E-state index contributed by atoms with van der Waals surface area (Å²) in [6, 6.07) is 5.26. The van der Waals surface area contributed by atoms with Crippen LogP contribution in [0.1, 0.15) is 25.3 Å². The van der Waals surface area contributed by atoms with Crippen LogP contribution in [0.2, 0.25) is 5.02 Å². The van der Waals surface area contributed by atoms with Crippen LogP contribution in [-0.2, 0) is 15.1 Å². The molecule has 1 atom stereocenters. The number of nitrogens with zero attached hydrogens (tertiary/aromatic N) is 1. The van der Waals surface area contributed by atoms with E-state index in [2.05, 4.69) is 16.0 Å². The Balaban J connectivity index is 1.67. The minimum atomic E-state index is -1.29. The lowest BCUT2D eigenvalue weighted by Gasteiger charge is -2.22. The zero-order chi connectivity index (χ0) is 18.2. The standard InChI is InChI=1S/C16H17ClN4O4/c1-16(9-2-4-10(17)5-3-9)13(23)21(15(25)20-16)8-12(22)19-14(24)18-11-6-7-11/h2-5,11H,6-8H2,1H3,(H,20,25)(H2,18,19,22,24)/t16-/m1/s1. The van der Waals surface area contributed by atoms with E-state index in [1.54, 1.807) is 31.2 Å². The molecule has 1 heterocycles. The zero-order valence-corrected chi connectivity index (χ0v) is 14.2. The van der Waals surface area contributed by atoms with Crippen LogP contribution in [-0.4, -0.2) is 41.4 Å². The van der Waals surface area contributed by atoms with E-state index in [1.807, 2.05) is 0 Å². The highest BCUT2D eigenvalue weighted by atomic mass is 35.5. The molecule has 9 heteroatoms. The average Bonchev–Trinajstić information content (AvgIpc) is 3.32. The molecule has 2 aliphatic rings. The topological polar surface area (TPSA) is 108 Å². The molecule has 3 rings (SSSR count). The van der Waals surface area contributed by atoms with E-state index in [0.717, 1.165) is 17.7 Å². The Hall–Kier alpha value is -2.61. The molecular formula is C16H17ClN4O4. The molecule has 1 saturated heterocycles. The first-order valence-corrected chi connectivity index (χ1v) is 8.18. The highest BCUT2D eigenvalue weighted by Crippen LogP contribution is 2.29. The van der Waals surface area contributed by atoms with Crippen molar-refractivity contribution in [1.82, 2.24) is 20.9 Å². The fourth-order valence-corrected chi connectivity index (χ4v) is 2.70. The molecule has 0 unspecified atom stereocenters. The van der Waals surface area contributed by atoms with Gasteiger partial charge in [-0.1, -0.05) is 23.7 Å². The lowest BCUT2D eigenvalue weighted by Crippen LogP contribution is -2.47. The number of rotatable bonds is 4. The van der Waals surface area contributed by atoms with E-state index in [-0.39, 0.29) is 6.04 Å². The lowest BCUT2D eigenvalue weighted by atomic mass is 9.92. The van der Waals surface area contributed by atoms with Gasteiger partial charge in [0.15, 0.2) is 0 Å². The van der Waals surface area contributed by atoms with Gasteiger partial charge in [-0.3, -0.25) is 19.8 Å². The van der Waals surface area contributed by atoms with Crippen LogP contribution in [0, 0.1) is 0 Å². The fraction of sp³-hybridized carbons (Fsp3) is 0.375. The third-order valence-electron chi connectivity index (χ3n) is 4.16. The Bertz CT molecular complexity index is 747. The van der Waals surface area contributed by atoms with Crippen LogP contribution in [0.4, 0.5) is 9.59 Å². The molecule has 0 radical (unpaired) electrons. The maximum absolute atomic E-state index is 12.7. The predicted molar refractivity (Wildman–Crippen MR) is 88.7 cm³/mol. The summed E-state index contributed by atoms with van der Waals surface area (Å²) in [6.07, 6.45) is 1.77. The van der Waals surface area contributed by atoms with Crippen LogP contribution in [0.5, 0.6) is 0 Å². The molecule has 3 N–H and O–H groups in total. The van der Waals surface area contributed by atoms with E-state index in [0.29, 0.717) is 10.6 Å². The summed E-state index contributed by atoms with van der Waals surface area (Å²) < 4.78 is 0. The monoisotopic (exact) mass is 364 g/mol. The molecule has 1 aromatic rings. The highest BCUT2D eigenvalue weighted by Gasteiger charge is 2.49. The number of imide groups is 2. The van der Waals surface area contributed by atoms with Crippen LogP contribution in [0.25, 0.3) is 0 Å². The zero-order valence-electron chi connectivity index (χ0n) is 13.5. The van der Waals surface area contributed by atoms with Gasteiger partial charge in [0.1, 0.15) is 12.1 Å². The molecule has 1 aliphatic carbocycles. The van der Waals surface area contributed by atoms with Crippen molar-refractivity contribution in [2.75, 3.05) is 6.54 Å². The van der Waals surface area contributed by atoms with Crippen molar-refractivity contribution in [3.63, 3.8) is 0 Å². The number of hydrogen-bond donors (Lipinski definition) is 3. The summed E-state index contributed by atoms with van der Waals surface area (Å²) in [4.78, 5) is 49.1. The molecule has 1 saturated carbocycles. The van der Waals surface area contributed by atoms with Gasteiger partial charge in [0.2, 0.25) is 5.91 Å². The Kier molecular flexibility index (Phi) is 4.38. The van der Waals surface area contributed by atoms with Crippen molar-refractivity contribution >= 4 is 35.5 Å². The van der Waals surface area contributed by atoms with Gasteiger partial charge in [-0.15, -0.1) is 0 Å². The van der Waals surface area contributed by atoms with Crippen LogP contribution >= 0.6 is 11.6 Å². The normalized spacial score (nSPS) is 22.6. The Morgan fingerprint density at radius 1 is 1.28 bits per heavy atom. The number of amides is 6.